The van der Waals surface area contributed by atoms with E-state index in [4.69, 9.17) is 5.73 Å². The van der Waals surface area contributed by atoms with Crippen LogP contribution in [0.5, 0.6) is 0 Å². The van der Waals surface area contributed by atoms with Gasteiger partial charge in [-0.3, -0.25) is 9.69 Å². The van der Waals surface area contributed by atoms with Gasteiger partial charge in [0.25, 0.3) is 0 Å². The SMILES string of the molecule is CCC(CC)N(CC(C)C)C(CC)C(N)=O. The van der Waals surface area contributed by atoms with E-state index in [1.54, 1.807) is 0 Å². The van der Waals surface area contributed by atoms with Crippen molar-refractivity contribution in [2.45, 2.75) is 66.0 Å². The van der Waals surface area contributed by atoms with Crippen LogP contribution in [0.3, 0.4) is 0 Å². The molecule has 0 aromatic carbocycles. The predicted octanol–water partition coefficient (Wildman–Crippen LogP) is 2.40. The first-order valence-electron chi connectivity index (χ1n) is 6.52. The fourth-order valence-electron chi connectivity index (χ4n) is 2.31. The van der Waals surface area contributed by atoms with Crippen LogP contribution in [0.4, 0.5) is 0 Å². The first-order chi connectivity index (χ1) is 7.47. The van der Waals surface area contributed by atoms with Crippen molar-refractivity contribution in [2.75, 3.05) is 6.54 Å². The highest BCUT2D eigenvalue weighted by molar-refractivity contribution is 5.79. The normalized spacial score (nSPS) is 13.8. The van der Waals surface area contributed by atoms with E-state index in [0.29, 0.717) is 12.0 Å². The highest BCUT2D eigenvalue weighted by atomic mass is 16.1. The number of rotatable bonds is 8. The van der Waals surface area contributed by atoms with Gasteiger partial charge in [0, 0.05) is 12.6 Å². The molecule has 3 nitrogen and oxygen atoms in total. The first kappa shape index (κ1) is 15.4. The van der Waals surface area contributed by atoms with Crippen LogP contribution in [-0.4, -0.2) is 29.4 Å². The number of nitrogens with zero attached hydrogens (tertiary/aromatic N) is 1. The molecule has 0 spiro atoms. The Morgan fingerprint density at radius 3 is 1.88 bits per heavy atom. The molecule has 0 aliphatic heterocycles. The lowest BCUT2D eigenvalue weighted by atomic mass is 10.0. The molecule has 1 atom stereocenters. The second-order valence-electron chi connectivity index (χ2n) is 4.89. The van der Waals surface area contributed by atoms with E-state index in [2.05, 4.69) is 32.6 Å². The Morgan fingerprint density at radius 2 is 1.62 bits per heavy atom. The zero-order chi connectivity index (χ0) is 12.7. The number of carbonyl (C=O) groups is 1. The van der Waals surface area contributed by atoms with E-state index in [9.17, 15) is 4.79 Å². The molecule has 96 valence electrons. The van der Waals surface area contributed by atoms with Crippen molar-refractivity contribution < 1.29 is 4.79 Å². The van der Waals surface area contributed by atoms with Gasteiger partial charge in [-0.05, 0) is 25.2 Å². The summed E-state index contributed by atoms with van der Waals surface area (Å²) in [5, 5.41) is 0. The van der Waals surface area contributed by atoms with Gasteiger partial charge < -0.3 is 5.73 Å². The summed E-state index contributed by atoms with van der Waals surface area (Å²) < 4.78 is 0. The van der Waals surface area contributed by atoms with Crippen LogP contribution >= 0.6 is 0 Å². The molecule has 0 aliphatic rings. The van der Waals surface area contributed by atoms with Crippen LogP contribution in [0, 0.1) is 5.92 Å². The molecule has 0 rings (SSSR count). The maximum absolute atomic E-state index is 11.5. The third kappa shape index (κ3) is 4.52. The van der Waals surface area contributed by atoms with Crippen LogP contribution in [0.1, 0.15) is 53.9 Å². The van der Waals surface area contributed by atoms with Gasteiger partial charge in [-0.1, -0.05) is 34.6 Å². The van der Waals surface area contributed by atoms with Crippen molar-refractivity contribution in [2.24, 2.45) is 11.7 Å². The topological polar surface area (TPSA) is 46.3 Å². The highest BCUT2D eigenvalue weighted by Gasteiger charge is 2.27. The van der Waals surface area contributed by atoms with Crippen molar-refractivity contribution in [3.8, 4) is 0 Å². The molecule has 0 fully saturated rings. The lowest BCUT2D eigenvalue weighted by Gasteiger charge is -2.36. The van der Waals surface area contributed by atoms with Gasteiger partial charge in [-0.15, -0.1) is 0 Å². The molecule has 16 heavy (non-hydrogen) atoms. The lowest BCUT2D eigenvalue weighted by molar-refractivity contribution is -0.124. The zero-order valence-corrected chi connectivity index (χ0v) is 11.5. The summed E-state index contributed by atoms with van der Waals surface area (Å²) in [5.74, 6) is 0.379. The van der Waals surface area contributed by atoms with E-state index >= 15 is 0 Å². The Balaban J connectivity index is 4.80. The van der Waals surface area contributed by atoms with E-state index < -0.39 is 0 Å². The lowest BCUT2D eigenvalue weighted by Crippen LogP contribution is -2.50. The number of carbonyl (C=O) groups excluding carboxylic acids is 1. The molecule has 0 heterocycles. The molecule has 0 aromatic rings. The maximum atomic E-state index is 11.5. The number of amides is 1. The van der Waals surface area contributed by atoms with E-state index in [1.165, 1.54) is 0 Å². The minimum absolute atomic E-state index is 0.104. The minimum atomic E-state index is -0.185. The van der Waals surface area contributed by atoms with E-state index in [0.717, 1.165) is 25.8 Å². The molecular formula is C13H28N2O. The third-order valence-electron chi connectivity index (χ3n) is 3.10. The van der Waals surface area contributed by atoms with Crippen LogP contribution in [0.15, 0.2) is 0 Å². The van der Waals surface area contributed by atoms with Gasteiger partial charge in [0.1, 0.15) is 0 Å². The maximum Gasteiger partial charge on any atom is 0.234 e. The van der Waals surface area contributed by atoms with Crippen molar-refractivity contribution in [3.63, 3.8) is 0 Å². The highest BCUT2D eigenvalue weighted by Crippen LogP contribution is 2.17. The summed E-state index contributed by atoms with van der Waals surface area (Å²) in [5.41, 5.74) is 5.49. The number of hydrogen-bond donors (Lipinski definition) is 1. The Morgan fingerprint density at radius 1 is 1.12 bits per heavy atom. The standard InChI is InChI=1S/C13H28N2O/c1-6-11(7-2)15(9-10(4)5)12(8-3)13(14)16/h10-12H,6-9H2,1-5H3,(H2,14,16). The smallest absolute Gasteiger partial charge is 0.234 e. The summed E-state index contributed by atoms with van der Waals surface area (Å²) in [6.45, 7) is 11.7. The Labute approximate surface area is 100 Å². The van der Waals surface area contributed by atoms with Crippen molar-refractivity contribution in [1.29, 1.82) is 0 Å². The van der Waals surface area contributed by atoms with E-state index in [1.807, 2.05) is 6.92 Å². The molecule has 1 unspecified atom stereocenters. The van der Waals surface area contributed by atoms with Gasteiger partial charge in [0.05, 0.1) is 6.04 Å². The molecule has 1 amide bonds. The van der Waals surface area contributed by atoms with Crippen LogP contribution in [0.25, 0.3) is 0 Å². The predicted molar refractivity (Wildman–Crippen MR) is 69.2 cm³/mol. The Bertz CT molecular complexity index is 200. The fourth-order valence-corrected chi connectivity index (χ4v) is 2.31. The number of nitrogens with two attached hydrogens (primary N) is 1. The molecule has 0 aromatic heterocycles. The molecule has 0 saturated heterocycles. The quantitative estimate of drug-likeness (QED) is 0.693. The largest absolute Gasteiger partial charge is 0.368 e. The fraction of sp³-hybridized carbons (Fsp3) is 0.923. The molecule has 0 saturated carbocycles. The molecule has 0 radical (unpaired) electrons. The van der Waals surface area contributed by atoms with Crippen LogP contribution in [-0.2, 0) is 4.79 Å². The van der Waals surface area contributed by atoms with Gasteiger partial charge in [-0.2, -0.15) is 0 Å². The van der Waals surface area contributed by atoms with Gasteiger partial charge >= 0.3 is 0 Å². The average Bonchev–Trinajstić information content (AvgIpc) is 2.18. The Kier molecular flexibility index (Phi) is 7.39. The average molecular weight is 228 g/mol. The molecule has 3 heteroatoms. The van der Waals surface area contributed by atoms with E-state index in [-0.39, 0.29) is 11.9 Å². The van der Waals surface area contributed by atoms with Gasteiger partial charge in [0.2, 0.25) is 5.91 Å². The minimum Gasteiger partial charge on any atom is -0.368 e. The second kappa shape index (κ2) is 7.66. The van der Waals surface area contributed by atoms with Crippen molar-refractivity contribution in [3.05, 3.63) is 0 Å². The summed E-state index contributed by atoms with van der Waals surface area (Å²) in [6.07, 6.45) is 2.96. The van der Waals surface area contributed by atoms with Crippen LogP contribution < -0.4 is 5.73 Å². The summed E-state index contributed by atoms with van der Waals surface area (Å²) in [4.78, 5) is 13.8. The van der Waals surface area contributed by atoms with Gasteiger partial charge in [0.15, 0.2) is 0 Å². The van der Waals surface area contributed by atoms with Crippen LogP contribution in [0.2, 0.25) is 0 Å². The molecule has 0 aliphatic carbocycles. The van der Waals surface area contributed by atoms with Crippen molar-refractivity contribution >= 4 is 5.91 Å². The molecular weight excluding hydrogens is 200 g/mol. The first-order valence-corrected chi connectivity index (χ1v) is 6.52. The Hall–Kier alpha value is -0.570. The summed E-state index contributed by atoms with van der Waals surface area (Å²) >= 11 is 0. The molecule has 2 N–H and O–H groups in total. The second-order valence-corrected chi connectivity index (χ2v) is 4.89. The van der Waals surface area contributed by atoms with Crippen molar-refractivity contribution in [1.82, 2.24) is 4.90 Å². The molecule has 0 bridgehead atoms. The summed E-state index contributed by atoms with van der Waals surface area (Å²) in [7, 11) is 0. The third-order valence-corrected chi connectivity index (χ3v) is 3.10. The summed E-state index contributed by atoms with van der Waals surface area (Å²) in [6, 6.07) is 0.368. The number of primary amides is 1. The van der Waals surface area contributed by atoms with Gasteiger partial charge in [-0.25, -0.2) is 0 Å². The monoisotopic (exact) mass is 228 g/mol. The zero-order valence-electron chi connectivity index (χ0n) is 11.5. The number of hydrogen-bond acceptors (Lipinski definition) is 2.